The van der Waals surface area contributed by atoms with Gasteiger partial charge in [-0.3, -0.25) is 0 Å². The fourth-order valence-corrected chi connectivity index (χ4v) is 0.508. The van der Waals surface area contributed by atoms with Crippen LogP contribution in [0.3, 0.4) is 0 Å². The highest BCUT2D eigenvalue weighted by Crippen LogP contribution is 1.86. The van der Waals surface area contributed by atoms with E-state index < -0.39 is 0 Å². The van der Waals surface area contributed by atoms with Gasteiger partial charge < -0.3 is 11.5 Å². The van der Waals surface area contributed by atoms with Crippen molar-refractivity contribution < 1.29 is 0 Å². The van der Waals surface area contributed by atoms with Crippen LogP contribution in [0.2, 0.25) is 0 Å². The van der Waals surface area contributed by atoms with Crippen LogP contribution in [0.15, 0.2) is 12.7 Å². The van der Waals surface area contributed by atoms with Gasteiger partial charge in [-0.1, -0.05) is 18.3 Å². The van der Waals surface area contributed by atoms with E-state index >= 15 is 0 Å². The highest BCUT2D eigenvalue weighted by atomic mass is 32.1. The molecule has 0 aliphatic carbocycles. The Kier molecular flexibility index (Phi) is 3.39. The average molecular weight is 130 g/mol. The van der Waals surface area contributed by atoms with Crippen molar-refractivity contribution in [2.75, 3.05) is 0 Å². The van der Waals surface area contributed by atoms with E-state index in [1.54, 1.807) is 6.08 Å². The molecule has 2 nitrogen and oxygen atoms in total. The maximum Gasteiger partial charge on any atom is 0.0746 e. The Morgan fingerprint density at radius 1 is 1.88 bits per heavy atom. The molecule has 0 saturated carbocycles. The summed E-state index contributed by atoms with van der Waals surface area (Å²) in [6.07, 6.45) is 2.18. The van der Waals surface area contributed by atoms with Crippen LogP contribution in [0.5, 0.6) is 0 Å². The molecule has 0 amide bonds. The maximum absolute atomic E-state index is 5.39. The molecule has 0 fully saturated rings. The van der Waals surface area contributed by atoms with Crippen molar-refractivity contribution in [1.29, 1.82) is 0 Å². The van der Waals surface area contributed by atoms with Crippen LogP contribution in [0, 0.1) is 0 Å². The molecule has 4 N–H and O–H groups in total. The Morgan fingerprint density at radius 3 is 2.50 bits per heavy atom. The fraction of sp³-hybridized carbons (Fsp3) is 0.400. The van der Waals surface area contributed by atoms with Crippen LogP contribution in [0.4, 0.5) is 0 Å². The van der Waals surface area contributed by atoms with Gasteiger partial charge in [0.25, 0.3) is 0 Å². The van der Waals surface area contributed by atoms with Crippen molar-refractivity contribution in [3.05, 3.63) is 12.7 Å². The smallest absolute Gasteiger partial charge is 0.0746 e. The Bertz CT molecular complexity index is 101. The standard InChI is InChI=1S/C5H10N2S/c1-2-4(6)3-5(7)8/h2,4H,1,3,6H2,(H2,7,8). The van der Waals surface area contributed by atoms with E-state index in [-0.39, 0.29) is 6.04 Å². The Hall–Kier alpha value is -0.410. The van der Waals surface area contributed by atoms with Crippen molar-refractivity contribution in [2.24, 2.45) is 11.5 Å². The topological polar surface area (TPSA) is 52.0 Å². The first-order valence-electron chi connectivity index (χ1n) is 2.33. The number of hydrogen-bond donors (Lipinski definition) is 2. The number of thiocarbonyl (C=S) groups is 1. The third-order valence-electron chi connectivity index (χ3n) is 0.740. The molecule has 1 atom stereocenters. The van der Waals surface area contributed by atoms with E-state index in [1.807, 2.05) is 0 Å². The summed E-state index contributed by atoms with van der Waals surface area (Å²) in [4.78, 5) is 0.442. The molecule has 0 aliphatic heterocycles. The summed E-state index contributed by atoms with van der Waals surface area (Å²) in [5, 5.41) is 0. The summed E-state index contributed by atoms with van der Waals surface area (Å²) in [6.45, 7) is 3.47. The van der Waals surface area contributed by atoms with Crippen molar-refractivity contribution in [3.63, 3.8) is 0 Å². The summed E-state index contributed by atoms with van der Waals surface area (Å²) in [5.41, 5.74) is 10.6. The lowest BCUT2D eigenvalue weighted by atomic mass is 10.2. The van der Waals surface area contributed by atoms with Gasteiger partial charge in [-0.2, -0.15) is 0 Å². The Labute approximate surface area is 54.5 Å². The molecule has 0 radical (unpaired) electrons. The highest BCUT2D eigenvalue weighted by Gasteiger charge is 1.95. The highest BCUT2D eigenvalue weighted by molar-refractivity contribution is 7.80. The van der Waals surface area contributed by atoms with Gasteiger partial charge in [-0.05, 0) is 0 Å². The lowest BCUT2D eigenvalue weighted by molar-refractivity contribution is 0.865. The zero-order valence-corrected chi connectivity index (χ0v) is 5.45. The summed E-state index contributed by atoms with van der Waals surface area (Å²) in [7, 11) is 0. The molecule has 0 spiro atoms. The van der Waals surface area contributed by atoms with Crippen LogP contribution < -0.4 is 11.5 Å². The van der Waals surface area contributed by atoms with Crippen molar-refractivity contribution in [3.8, 4) is 0 Å². The minimum absolute atomic E-state index is 0.0764. The van der Waals surface area contributed by atoms with Crippen LogP contribution in [-0.4, -0.2) is 11.0 Å². The van der Waals surface area contributed by atoms with E-state index in [0.29, 0.717) is 11.4 Å². The predicted molar refractivity (Wildman–Crippen MR) is 39.6 cm³/mol. The van der Waals surface area contributed by atoms with E-state index in [2.05, 4.69) is 18.8 Å². The molecule has 3 heteroatoms. The fourth-order valence-electron chi connectivity index (χ4n) is 0.316. The number of nitrogens with two attached hydrogens (primary N) is 2. The van der Waals surface area contributed by atoms with Gasteiger partial charge in [-0.15, -0.1) is 6.58 Å². The molecule has 0 bridgehead atoms. The normalized spacial score (nSPS) is 12.6. The Morgan fingerprint density at radius 2 is 2.38 bits per heavy atom. The van der Waals surface area contributed by atoms with Gasteiger partial charge in [0.1, 0.15) is 0 Å². The lowest BCUT2D eigenvalue weighted by Gasteiger charge is -2.00. The van der Waals surface area contributed by atoms with E-state index in [1.165, 1.54) is 0 Å². The molecule has 0 aromatic carbocycles. The van der Waals surface area contributed by atoms with E-state index in [9.17, 15) is 0 Å². The average Bonchev–Trinajstić information content (AvgIpc) is 1.65. The van der Waals surface area contributed by atoms with Gasteiger partial charge in [0.05, 0.1) is 4.99 Å². The van der Waals surface area contributed by atoms with Crippen molar-refractivity contribution >= 4 is 17.2 Å². The second-order valence-electron chi connectivity index (χ2n) is 1.57. The van der Waals surface area contributed by atoms with Gasteiger partial charge in [-0.25, -0.2) is 0 Å². The van der Waals surface area contributed by atoms with Gasteiger partial charge >= 0.3 is 0 Å². The van der Waals surface area contributed by atoms with Crippen LogP contribution in [0.25, 0.3) is 0 Å². The molecule has 0 saturated heterocycles. The molecule has 0 heterocycles. The molecule has 8 heavy (non-hydrogen) atoms. The molecular weight excluding hydrogens is 120 g/mol. The zero-order chi connectivity index (χ0) is 6.57. The molecule has 0 aromatic rings. The molecular formula is C5H10N2S. The molecule has 1 unspecified atom stereocenters. The zero-order valence-electron chi connectivity index (χ0n) is 4.63. The quantitative estimate of drug-likeness (QED) is 0.423. The third-order valence-corrected chi connectivity index (χ3v) is 0.906. The lowest BCUT2D eigenvalue weighted by Crippen LogP contribution is -2.23. The third kappa shape index (κ3) is 3.77. The van der Waals surface area contributed by atoms with Crippen molar-refractivity contribution in [1.82, 2.24) is 0 Å². The molecule has 0 aromatic heterocycles. The maximum atomic E-state index is 5.39. The van der Waals surface area contributed by atoms with E-state index in [4.69, 9.17) is 11.5 Å². The second-order valence-corrected chi connectivity index (χ2v) is 2.09. The van der Waals surface area contributed by atoms with Crippen molar-refractivity contribution in [2.45, 2.75) is 12.5 Å². The minimum atomic E-state index is -0.0764. The van der Waals surface area contributed by atoms with Crippen LogP contribution in [-0.2, 0) is 0 Å². The first kappa shape index (κ1) is 7.59. The first-order chi connectivity index (χ1) is 3.66. The van der Waals surface area contributed by atoms with Gasteiger partial charge in [0.15, 0.2) is 0 Å². The predicted octanol–water partition coefficient (Wildman–Crippen LogP) is 0.176. The molecule has 46 valence electrons. The SMILES string of the molecule is C=CC(N)CC(N)=S. The second kappa shape index (κ2) is 3.57. The largest absolute Gasteiger partial charge is 0.393 e. The number of rotatable bonds is 3. The summed E-state index contributed by atoms with van der Waals surface area (Å²) >= 11 is 4.59. The van der Waals surface area contributed by atoms with Gasteiger partial charge in [0, 0.05) is 12.5 Å². The van der Waals surface area contributed by atoms with Gasteiger partial charge in [0.2, 0.25) is 0 Å². The molecule has 0 aliphatic rings. The monoisotopic (exact) mass is 130 g/mol. The first-order valence-corrected chi connectivity index (χ1v) is 2.74. The van der Waals surface area contributed by atoms with Crippen LogP contribution >= 0.6 is 12.2 Å². The summed E-state index contributed by atoms with van der Waals surface area (Å²) < 4.78 is 0. The number of hydrogen-bond acceptors (Lipinski definition) is 2. The molecule has 0 rings (SSSR count). The Balaban J connectivity index is 3.38. The van der Waals surface area contributed by atoms with Crippen LogP contribution in [0.1, 0.15) is 6.42 Å². The van der Waals surface area contributed by atoms with E-state index in [0.717, 1.165) is 0 Å². The summed E-state index contributed by atoms with van der Waals surface area (Å²) in [6, 6.07) is -0.0764. The minimum Gasteiger partial charge on any atom is -0.393 e. The summed E-state index contributed by atoms with van der Waals surface area (Å²) in [5.74, 6) is 0.